The molecule has 0 atom stereocenters. The zero-order valence-corrected chi connectivity index (χ0v) is 13.2. The van der Waals surface area contributed by atoms with Gasteiger partial charge in [-0.05, 0) is 42.5 Å². The summed E-state index contributed by atoms with van der Waals surface area (Å²) in [5, 5.41) is 10.4. The Kier molecular flexibility index (Phi) is 4.43. The van der Waals surface area contributed by atoms with E-state index >= 15 is 0 Å². The van der Waals surface area contributed by atoms with Gasteiger partial charge >= 0.3 is 11.8 Å². The van der Waals surface area contributed by atoms with Crippen molar-refractivity contribution in [1.29, 1.82) is 0 Å². The Bertz CT molecular complexity index is 881. The van der Waals surface area contributed by atoms with E-state index in [-0.39, 0.29) is 17.6 Å². The number of carbonyl (C=O) groups is 1. The summed E-state index contributed by atoms with van der Waals surface area (Å²) in [5.41, 5.74) is 0.961. The summed E-state index contributed by atoms with van der Waals surface area (Å²) in [7, 11) is 1.49. The fourth-order valence-electron chi connectivity index (χ4n) is 1.95. The van der Waals surface area contributed by atoms with Gasteiger partial charge in [-0.15, -0.1) is 10.2 Å². The minimum Gasteiger partial charge on any atom is -0.495 e. The summed E-state index contributed by atoms with van der Waals surface area (Å²) < 4.78 is 23.3. The standard InChI is InChI=1S/C16H11ClFN3O3/c1-23-13-7-6-11(8-12(13)17)19-14(22)16-21-20-15(24-16)9-2-4-10(18)5-3-9/h2-8H,1H3,(H,19,22). The van der Waals surface area contributed by atoms with Crippen LogP contribution in [0.15, 0.2) is 46.9 Å². The Morgan fingerprint density at radius 2 is 1.96 bits per heavy atom. The van der Waals surface area contributed by atoms with Gasteiger partial charge in [-0.1, -0.05) is 11.6 Å². The van der Waals surface area contributed by atoms with Crippen molar-refractivity contribution >= 4 is 23.2 Å². The third kappa shape index (κ3) is 3.36. The molecule has 0 fully saturated rings. The molecule has 1 N–H and O–H groups in total. The number of rotatable bonds is 4. The molecule has 0 saturated carbocycles. The molecule has 0 unspecified atom stereocenters. The van der Waals surface area contributed by atoms with Crippen molar-refractivity contribution in [2.24, 2.45) is 0 Å². The number of carbonyl (C=O) groups excluding carboxylic acids is 1. The SMILES string of the molecule is COc1ccc(NC(=O)c2nnc(-c3ccc(F)cc3)o2)cc1Cl. The maximum absolute atomic E-state index is 12.9. The van der Waals surface area contributed by atoms with E-state index in [0.717, 1.165) is 0 Å². The molecule has 0 radical (unpaired) electrons. The van der Waals surface area contributed by atoms with Crippen LogP contribution in [0.1, 0.15) is 10.7 Å². The molecule has 24 heavy (non-hydrogen) atoms. The predicted octanol–water partition coefficient (Wildman–Crippen LogP) is 3.79. The Morgan fingerprint density at radius 1 is 1.21 bits per heavy atom. The van der Waals surface area contributed by atoms with Crippen LogP contribution in [-0.4, -0.2) is 23.2 Å². The highest BCUT2D eigenvalue weighted by Gasteiger charge is 2.16. The van der Waals surface area contributed by atoms with Crippen LogP contribution in [0.3, 0.4) is 0 Å². The molecule has 0 saturated heterocycles. The van der Waals surface area contributed by atoms with Gasteiger partial charge in [0.2, 0.25) is 5.89 Å². The molecule has 1 aromatic heterocycles. The normalized spacial score (nSPS) is 10.5. The van der Waals surface area contributed by atoms with E-state index in [1.165, 1.54) is 37.4 Å². The molecule has 122 valence electrons. The molecule has 2 aromatic carbocycles. The highest BCUT2D eigenvalue weighted by molar-refractivity contribution is 6.32. The first kappa shape index (κ1) is 15.9. The molecule has 6 nitrogen and oxygen atoms in total. The van der Waals surface area contributed by atoms with E-state index in [9.17, 15) is 9.18 Å². The average molecular weight is 348 g/mol. The third-order valence-corrected chi connectivity index (χ3v) is 3.42. The largest absolute Gasteiger partial charge is 0.495 e. The predicted molar refractivity (Wildman–Crippen MR) is 85.6 cm³/mol. The highest BCUT2D eigenvalue weighted by Crippen LogP contribution is 2.27. The third-order valence-electron chi connectivity index (χ3n) is 3.12. The molecule has 0 aliphatic heterocycles. The molecule has 3 rings (SSSR count). The molecule has 0 spiro atoms. The van der Waals surface area contributed by atoms with E-state index in [2.05, 4.69) is 15.5 Å². The van der Waals surface area contributed by atoms with E-state index in [4.69, 9.17) is 20.8 Å². The Labute approximate surface area is 141 Å². The van der Waals surface area contributed by atoms with Gasteiger partial charge in [-0.25, -0.2) is 4.39 Å². The zero-order chi connectivity index (χ0) is 17.1. The number of benzene rings is 2. The van der Waals surface area contributed by atoms with Gasteiger partial charge in [0.1, 0.15) is 11.6 Å². The molecular weight excluding hydrogens is 337 g/mol. The average Bonchev–Trinajstić information content (AvgIpc) is 3.06. The van der Waals surface area contributed by atoms with Crippen molar-refractivity contribution < 1.29 is 18.3 Å². The van der Waals surface area contributed by atoms with Gasteiger partial charge in [-0.3, -0.25) is 4.79 Å². The first-order chi connectivity index (χ1) is 11.6. The first-order valence-electron chi connectivity index (χ1n) is 6.81. The van der Waals surface area contributed by atoms with E-state index in [1.54, 1.807) is 12.1 Å². The van der Waals surface area contributed by atoms with Crippen molar-refractivity contribution in [1.82, 2.24) is 10.2 Å². The second-order valence-corrected chi connectivity index (χ2v) is 5.13. The van der Waals surface area contributed by atoms with Gasteiger partial charge < -0.3 is 14.5 Å². The Morgan fingerprint density at radius 3 is 2.62 bits per heavy atom. The topological polar surface area (TPSA) is 77.2 Å². The number of ether oxygens (including phenoxy) is 1. The zero-order valence-electron chi connectivity index (χ0n) is 12.4. The number of halogens is 2. The first-order valence-corrected chi connectivity index (χ1v) is 7.19. The van der Waals surface area contributed by atoms with Crippen LogP contribution >= 0.6 is 11.6 Å². The van der Waals surface area contributed by atoms with Gasteiger partial charge in [0.05, 0.1) is 12.1 Å². The summed E-state index contributed by atoms with van der Waals surface area (Å²) in [6.07, 6.45) is 0. The van der Waals surface area contributed by atoms with Gasteiger partial charge in [0.25, 0.3) is 0 Å². The van der Waals surface area contributed by atoms with Crippen molar-refractivity contribution in [3.63, 3.8) is 0 Å². The van der Waals surface area contributed by atoms with Crippen LogP contribution < -0.4 is 10.1 Å². The molecule has 8 heteroatoms. The number of hydrogen-bond acceptors (Lipinski definition) is 5. The second kappa shape index (κ2) is 6.67. The molecule has 0 bridgehead atoms. The lowest BCUT2D eigenvalue weighted by molar-refractivity contribution is 0.0991. The summed E-state index contributed by atoms with van der Waals surface area (Å²) in [5.74, 6) is -0.579. The Hall–Kier alpha value is -2.93. The molecule has 1 amide bonds. The summed E-state index contributed by atoms with van der Waals surface area (Å²) in [6.45, 7) is 0. The monoisotopic (exact) mass is 347 g/mol. The van der Waals surface area contributed by atoms with Crippen LogP contribution in [0, 0.1) is 5.82 Å². The lowest BCUT2D eigenvalue weighted by Crippen LogP contribution is -2.12. The quantitative estimate of drug-likeness (QED) is 0.777. The van der Waals surface area contributed by atoms with Crippen LogP contribution in [0.25, 0.3) is 11.5 Å². The maximum atomic E-state index is 12.9. The van der Waals surface area contributed by atoms with Crippen LogP contribution in [-0.2, 0) is 0 Å². The van der Waals surface area contributed by atoms with E-state index in [0.29, 0.717) is 22.0 Å². The number of aromatic nitrogens is 2. The molecule has 0 aliphatic rings. The fraction of sp³-hybridized carbons (Fsp3) is 0.0625. The molecule has 0 aliphatic carbocycles. The minimum absolute atomic E-state index is 0.118. The minimum atomic E-state index is -0.586. The second-order valence-electron chi connectivity index (χ2n) is 4.72. The number of nitrogens with zero attached hydrogens (tertiary/aromatic N) is 2. The highest BCUT2D eigenvalue weighted by atomic mass is 35.5. The number of hydrogen-bond donors (Lipinski definition) is 1. The number of anilines is 1. The van der Waals surface area contributed by atoms with Gasteiger partial charge in [0.15, 0.2) is 0 Å². The summed E-state index contributed by atoms with van der Waals surface area (Å²) in [4.78, 5) is 12.1. The van der Waals surface area contributed by atoms with Crippen molar-refractivity contribution in [2.45, 2.75) is 0 Å². The molecule has 1 heterocycles. The van der Waals surface area contributed by atoms with Crippen LogP contribution in [0.5, 0.6) is 5.75 Å². The summed E-state index contributed by atoms with van der Waals surface area (Å²) >= 11 is 6.00. The lowest BCUT2D eigenvalue weighted by atomic mass is 10.2. The van der Waals surface area contributed by atoms with Crippen molar-refractivity contribution in [2.75, 3.05) is 12.4 Å². The number of amides is 1. The van der Waals surface area contributed by atoms with E-state index in [1.807, 2.05) is 0 Å². The van der Waals surface area contributed by atoms with Crippen LogP contribution in [0.2, 0.25) is 5.02 Å². The van der Waals surface area contributed by atoms with Crippen LogP contribution in [0.4, 0.5) is 10.1 Å². The summed E-state index contributed by atoms with van der Waals surface area (Å²) in [6, 6.07) is 10.3. The molecular formula is C16H11ClFN3O3. The maximum Gasteiger partial charge on any atom is 0.313 e. The number of nitrogens with one attached hydrogen (secondary N) is 1. The smallest absolute Gasteiger partial charge is 0.313 e. The van der Waals surface area contributed by atoms with E-state index < -0.39 is 5.91 Å². The number of methoxy groups -OCH3 is 1. The van der Waals surface area contributed by atoms with Crippen molar-refractivity contribution in [3.05, 3.63) is 59.2 Å². The van der Waals surface area contributed by atoms with Crippen molar-refractivity contribution in [3.8, 4) is 17.2 Å². The molecule has 3 aromatic rings. The van der Waals surface area contributed by atoms with Gasteiger partial charge in [-0.2, -0.15) is 0 Å². The van der Waals surface area contributed by atoms with Gasteiger partial charge in [0, 0.05) is 11.3 Å². The fourth-order valence-corrected chi connectivity index (χ4v) is 2.21. The lowest BCUT2D eigenvalue weighted by Gasteiger charge is -2.06. The Balaban J connectivity index is 1.76.